The van der Waals surface area contributed by atoms with Gasteiger partial charge in [0.2, 0.25) is 0 Å². The van der Waals surface area contributed by atoms with Crippen LogP contribution >= 0.6 is 0 Å². The number of rotatable bonds is 1. The van der Waals surface area contributed by atoms with Gasteiger partial charge in [0, 0.05) is 27.9 Å². The molecule has 0 aromatic heterocycles. The molecule has 0 saturated heterocycles. The van der Waals surface area contributed by atoms with Crippen LogP contribution in [0.1, 0.15) is 11.1 Å². The summed E-state index contributed by atoms with van der Waals surface area (Å²) in [5.74, 6) is 0.911. The molecule has 1 N–H and O–H groups in total. The third-order valence-electron chi connectivity index (χ3n) is 4.91. The molecule has 25 heavy (non-hydrogen) atoms. The van der Waals surface area contributed by atoms with Crippen LogP contribution in [-0.4, -0.2) is 0 Å². The van der Waals surface area contributed by atoms with Gasteiger partial charge >= 0.3 is 0 Å². The maximum atomic E-state index is 5.89. The van der Waals surface area contributed by atoms with Crippen LogP contribution in [0.3, 0.4) is 0 Å². The van der Waals surface area contributed by atoms with Crippen LogP contribution < -0.4 is 20.5 Å². The summed E-state index contributed by atoms with van der Waals surface area (Å²) in [4.78, 5) is 0. The second kappa shape index (κ2) is 5.38. The van der Waals surface area contributed by atoms with Crippen LogP contribution in [0.5, 0.6) is 5.75 Å². The first kappa shape index (κ1) is 14.1. The lowest BCUT2D eigenvalue weighted by molar-refractivity contribution is 0.537. The molecule has 0 aliphatic carbocycles. The second-order valence-corrected chi connectivity index (χ2v) is 6.42. The lowest BCUT2D eigenvalue weighted by Crippen LogP contribution is -2.33. The van der Waals surface area contributed by atoms with E-state index in [1.165, 1.54) is 27.5 Å². The minimum atomic E-state index is 0.911. The van der Waals surface area contributed by atoms with Crippen LogP contribution in [0.15, 0.2) is 66.9 Å². The summed E-state index contributed by atoms with van der Waals surface area (Å²) < 4.78 is 5.89. The SMILES string of the molecule is Cc1ccccc1C1=CNc2ccc3c(c2=C1)=COc1ccccc1-3. The normalized spacial score (nSPS) is 13.7. The zero-order valence-electron chi connectivity index (χ0n) is 13.9. The molecular weight excluding hydrogens is 306 g/mol. The van der Waals surface area contributed by atoms with Gasteiger partial charge in [-0.3, -0.25) is 0 Å². The number of benzene rings is 3. The summed E-state index contributed by atoms with van der Waals surface area (Å²) in [6.07, 6.45) is 6.20. The Bertz CT molecular complexity index is 1150. The largest absolute Gasteiger partial charge is 0.464 e. The average Bonchev–Trinajstić information content (AvgIpc) is 2.67. The summed E-state index contributed by atoms with van der Waals surface area (Å²) >= 11 is 0. The molecule has 2 nitrogen and oxygen atoms in total. The first-order valence-corrected chi connectivity index (χ1v) is 8.45. The monoisotopic (exact) mass is 323 g/mol. The fourth-order valence-corrected chi connectivity index (χ4v) is 3.60. The molecule has 3 aromatic rings. The zero-order valence-corrected chi connectivity index (χ0v) is 13.9. The van der Waals surface area contributed by atoms with Crippen molar-refractivity contribution in [2.45, 2.75) is 6.92 Å². The lowest BCUT2D eigenvalue weighted by Gasteiger charge is -2.19. The number of hydrogen-bond acceptors (Lipinski definition) is 2. The van der Waals surface area contributed by atoms with Crippen molar-refractivity contribution in [3.05, 3.63) is 88.4 Å². The van der Waals surface area contributed by atoms with E-state index < -0.39 is 0 Å². The van der Waals surface area contributed by atoms with E-state index in [1.54, 1.807) is 0 Å². The third-order valence-corrected chi connectivity index (χ3v) is 4.91. The Morgan fingerprint density at radius 1 is 0.760 bits per heavy atom. The van der Waals surface area contributed by atoms with E-state index in [9.17, 15) is 0 Å². The number of hydrogen-bond donors (Lipinski definition) is 1. The highest BCUT2D eigenvalue weighted by molar-refractivity contribution is 5.94. The van der Waals surface area contributed by atoms with Gasteiger partial charge in [0.25, 0.3) is 0 Å². The Hall–Kier alpha value is -3.26. The van der Waals surface area contributed by atoms with Crippen molar-refractivity contribution < 1.29 is 4.74 Å². The molecule has 3 aromatic carbocycles. The van der Waals surface area contributed by atoms with Crippen molar-refractivity contribution >= 4 is 23.6 Å². The van der Waals surface area contributed by atoms with Gasteiger partial charge in [-0.2, -0.15) is 0 Å². The molecule has 2 aliphatic rings. The molecule has 2 heteroatoms. The van der Waals surface area contributed by atoms with E-state index in [1.807, 2.05) is 18.4 Å². The quantitative estimate of drug-likeness (QED) is 0.730. The van der Waals surface area contributed by atoms with Gasteiger partial charge in [0.05, 0.1) is 6.26 Å². The van der Waals surface area contributed by atoms with E-state index in [0.717, 1.165) is 22.2 Å². The molecule has 0 amide bonds. The van der Waals surface area contributed by atoms with Gasteiger partial charge < -0.3 is 10.1 Å². The fraction of sp³-hybridized carbons (Fsp3) is 0.0435. The molecule has 0 spiro atoms. The van der Waals surface area contributed by atoms with Crippen molar-refractivity contribution in [1.29, 1.82) is 0 Å². The Morgan fingerprint density at radius 2 is 1.56 bits per heavy atom. The van der Waals surface area contributed by atoms with Crippen LogP contribution in [0, 0.1) is 6.92 Å². The summed E-state index contributed by atoms with van der Waals surface area (Å²) in [5.41, 5.74) is 7.16. The maximum absolute atomic E-state index is 5.89. The van der Waals surface area contributed by atoms with Crippen LogP contribution in [0.4, 0.5) is 5.69 Å². The number of allylic oxidation sites excluding steroid dienone is 1. The Balaban J connectivity index is 1.75. The lowest BCUT2D eigenvalue weighted by atomic mass is 9.94. The summed E-state index contributed by atoms with van der Waals surface area (Å²) in [6.45, 7) is 2.14. The number of para-hydroxylation sites is 1. The minimum Gasteiger partial charge on any atom is -0.464 e. The molecule has 0 atom stereocenters. The molecule has 2 aliphatic heterocycles. The highest BCUT2D eigenvalue weighted by atomic mass is 16.5. The predicted molar refractivity (Wildman–Crippen MR) is 103 cm³/mol. The number of aryl methyl sites for hydroxylation is 1. The molecule has 0 saturated carbocycles. The molecule has 5 rings (SSSR count). The standard InChI is InChI=1S/C23H17NO/c1-15-6-2-3-7-17(15)16-12-20-21-14-25-23-9-5-4-8-19(23)18(21)10-11-22(20)24-13-16/h2-14,24H,1H3. The Kier molecular flexibility index (Phi) is 3.04. The van der Waals surface area contributed by atoms with E-state index in [2.05, 4.69) is 73.0 Å². The van der Waals surface area contributed by atoms with Crippen molar-refractivity contribution in [3.8, 4) is 16.9 Å². The first-order chi connectivity index (χ1) is 12.3. The van der Waals surface area contributed by atoms with Crippen molar-refractivity contribution in [2.24, 2.45) is 0 Å². The summed E-state index contributed by atoms with van der Waals surface area (Å²) in [6, 6.07) is 20.9. The molecule has 120 valence electrons. The van der Waals surface area contributed by atoms with Crippen LogP contribution in [0.25, 0.3) is 29.0 Å². The van der Waals surface area contributed by atoms with Gasteiger partial charge in [-0.25, -0.2) is 0 Å². The van der Waals surface area contributed by atoms with Crippen molar-refractivity contribution in [1.82, 2.24) is 0 Å². The van der Waals surface area contributed by atoms with E-state index in [-0.39, 0.29) is 0 Å². The molecule has 2 heterocycles. The topological polar surface area (TPSA) is 21.3 Å². The fourth-order valence-electron chi connectivity index (χ4n) is 3.60. The number of nitrogens with one attached hydrogen (secondary N) is 1. The van der Waals surface area contributed by atoms with E-state index in [4.69, 9.17) is 4.74 Å². The first-order valence-electron chi connectivity index (χ1n) is 8.45. The van der Waals surface area contributed by atoms with Gasteiger partial charge in [-0.05, 0) is 47.4 Å². The van der Waals surface area contributed by atoms with E-state index in [0.29, 0.717) is 0 Å². The van der Waals surface area contributed by atoms with Gasteiger partial charge in [0.1, 0.15) is 5.75 Å². The van der Waals surface area contributed by atoms with Crippen molar-refractivity contribution in [3.63, 3.8) is 0 Å². The Labute approximate surface area is 146 Å². The highest BCUT2D eigenvalue weighted by Gasteiger charge is 2.15. The second-order valence-electron chi connectivity index (χ2n) is 6.42. The van der Waals surface area contributed by atoms with Crippen molar-refractivity contribution in [2.75, 3.05) is 5.32 Å². The van der Waals surface area contributed by atoms with E-state index >= 15 is 0 Å². The molecular formula is C23H17NO. The average molecular weight is 323 g/mol. The summed E-state index contributed by atoms with van der Waals surface area (Å²) in [5, 5.41) is 5.75. The molecule has 0 bridgehead atoms. The predicted octanol–water partition coefficient (Wildman–Crippen LogP) is 4.04. The van der Waals surface area contributed by atoms with Gasteiger partial charge in [-0.15, -0.1) is 0 Å². The maximum Gasteiger partial charge on any atom is 0.134 e. The molecule has 0 radical (unpaired) electrons. The summed E-state index contributed by atoms with van der Waals surface area (Å²) in [7, 11) is 0. The molecule has 0 unspecified atom stereocenters. The Morgan fingerprint density at radius 3 is 2.44 bits per heavy atom. The number of anilines is 1. The minimum absolute atomic E-state index is 0.911. The highest BCUT2D eigenvalue weighted by Crippen LogP contribution is 2.31. The zero-order chi connectivity index (χ0) is 16.8. The smallest absolute Gasteiger partial charge is 0.134 e. The van der Waals surface area contributed by atoms with Gasteiger partial charge in [0.15, 0.2) is 0 Å². The van der Waals surface area contributed by atoms with Crippen LogP contribution in [-0.2, 0) is 0 Å². The van der Waals surface area contributed by atoms with Gasteiger partial charge in [-0.1, -0.05) is 48.5 Å². The molecule has 0 fully saturated rings. The number of fused-ring (bicyclic) bond motifs is 5. The third kappa shape index (κ3) is 2.18. The number of ether oxygens (including phenoxy) is 1. The van der Waals surface area contributed by atoms with Crippen LogP contribution in [0.2, 0.25) is 0 Å².